The van der Waals surface area contributed by atoms with Crippen molar-refractivity contribution in [3.05, 3.63) is 144 Å². The summed E-state index contributed by atoms with van der Waals surface area (Å²) in [5, 5.41) is 0. The van der Waals surface area contributed by atoms with Gasteiger partial charge in [-0.05, 0) is 22.3 Å². The van der Waals surface area contributed by atoms with Crippen molar-refractivity contribution < 1.29 is 8.78 Å². The average Bonchev–Trinajstić information content (AvgIpc) is 2.86. The lowest BCUT2D eigenvalue weighted by atomic mass is 10.2. The molecule has 0 aliphatic heterocycles. The van der Waals surface area contributed by atoms with Crippen molar-refractivity contribution in [2.24, 2.45) is 0 Å². The van der Waals surface area contributed by atoms with E-state index in [1.54, 1.807) is 8.61 Å². The Labute approximate surface area is 215 Å². The number of halogens is 2. The molecule has 2 nitrogen and oxygen atoms in total. The number of nitrogens with zero attached hydrogens (tertiary/aromatic N) is 2. The van der Waals surface area contributed by atoms with Crippen LogP contribution in [0.25, 0.3) is 0 Å². The monoisotopic (exact) mass is 506 g/mol. The summed E-state index contributed by atoms with van der Waals surface area (Å²) in [6.07, 6.45) is 0. The molecule has 0 aliphatic rings. The SMILES string of the molecule is FC(F)(SN(Cc1ccccc1)Cc1ccccc1)SN(Cc1ccccc1)Cc1ccccc1. The van der Waals surface area contributed by atoms with Crippen LogP contribution < -0.4 is 0 Å². The van der Waals surface area contributed by atoms with E-state index in [2.05, 4.69) is 0 Å². The molecule has 0 saturated heterocycles. The average molecular weight is 507 g/mol. The molecule has 0 N–H and O–H groups in total. The van der Waals surface area contributed by atoms with Crippen molar-refractivity contribution in [1.82, 2.24) is 8.61 Å². The summed E-state index contributed by atoms with van der Waals surface area (Å²) >= 11 is 1.21. The fourth-order valence-corrected chi connectivity index (χ4v) is 5.93. The van der Waals surface area contributed by atoms with Crippen LogP contribution in [0.5, 0.6) is 0 Å². The molecule has 0 radical (unpaired) electrons. The quantitative estimate of drug-likeness (QED) is 0.141. The predicted octanol–water partition coefficient (Wildman–Crippen LogP) is 8.24. The first-order chi connectivity index (χ1) is 17.1. The van der Waals surface area contributed by atoms with Crippen molar-refractivity contribution in [2.45, 2.75) is 30.8 Å². The molecule has 35 heavy (non-hydrogen) atoms. The molecule has 0 unspecified atom stereocenters. The van der Waals surface area contributed by atoms with Crippen molar-refractivity contribution in [1.29, 1.82) is 0 Å². The van der Waals surface area contributed by atoms with Crippen molar-refractivity contribution in [3.8, 4) is 0 Å². The van der Waals surface area contributed by atoms with Crippen molar-refractivity contribution >= 4 is 23.9 Å². The summed E-state index contributed by atoms with van der Waals surface area (Å²) < 4.78 is 31.6. The second-order valence-corrected chi connectivity index (χ2v) is 10.9. The highest BCUT2D eigenvalue weighted by Crippen LogP contribution is 2.45. The van der Waals surface area contributed by atoms with Crippen LogP contribution in [0.2, 0.25) is 0 Å². The van der Waals surface area contributed by atoms with Crippen LogP contribution in [-0.2, 0) is 26.2 Å². The first-order valence-electron chi connectivity index (χ1n) is 11.5. The van der Waals surface area contributed by atoms with Gasteiger partial charge in [-0.1, -0.05) is 121 Å². The summed E-state index contributed by atoms with van der Waals surface area (Å²) in [6, 6.07) is 39.1. The van der Waals surface area contributed by atoms with Gasteiger partial charge in [-0.2, -0.15) is 8.78 Å². The number of hydrogen-bond donors (Lipinski definition) is 0. The maximum absolute atomic E-state index is 15.6. The van der Waals surface area contributed by atoms with Crippen LogP contribution in [0.1, 0.15) is 22.3 Å². The van der Waals surface area contributed by atoms with Crippen LogP contribution in [-0.4, -0.2) is 13.2 Å². The zero-order valence-corrected chi connectivity index (χ0v) is 21.0. The van der Waals surface area contributed by atoms with Gasteiger partial charge in [-0.25, -0.2) is 8.61 Å². The van der Waals surface area contributed by atoms with E-state index in [1.807, 2.05) is 121 Å². The number of benzene rings is 4. The molecule has 4 aromatic carbocycles. The molecule has 0 aliphatic carbocycles. The van der Waals surface area contributed by atoms with Crippen LogP contribution in [0.15, 0.2) is 121 Å². The molecule has 0 saturated carbocycles. The van der Waals surface area contributed by atoms with E-state index in [0.29, 0.717) is 50.1 Å². The van der Waals surface area contributed by atoms with Gasteiger partial charge in [-0.3, -0.25) is 0 Å². The summed E-state index contributed by atoms with van der Waals surface area (Å²) in [7, 11) is 0. The largest absolute Gasteiger partial charge is 0.368 e. The smallest absolute Gasteiger partial charge is 0.236 e. The Morgan fingerprint density at radius 1 is 0.429 bits per heavy atom. The maximum atomic E-state index is 15.6. The van der Waals surface area contributed by atoms with Gasteiger partial charge in [-0.15, -0.1) is 0 Å². The van der Waals surface area contributed by atoms with Gasteiger partial charge >= 0.3 is 4.59 Å². The lowest BCUT2D eigenvalue weighted by Gasteiger charge is -2.30. The summed E-state index contributed by atoms with van der Waals surface area (Å²) in [4.78, 5) is 0. The van der Waals surface area contributed by atoms with Crippen LogP contribution in [0, 0.1) is 0 Å². The molecule has 180 valence electrons. The highest BCUT2D eigenvalue weighted by molar-refractivity contribution is 8.15. The molecule has 0 spiro atoms. The minimum absolute atomic E-state index is 0.425. The standard InChI is InChI=1S/C29H28F2N2S2/c30-29(31,34-32(21-25-13-5-1-6-14-25)22-26-15-7-2-8-16-26)35-33(23-27-17-9-3-10-18-27)24-28-19-11-4-12-20-28/h1-20H,21-24H2. The van der Waals surface area contributed by atoms with Crippen LogP contribution in [0.4, 0.5) is 8.78 Å². The Kier molecular flexibility index (Phi) is 9.37. The predicted molar refractivity (Wildman–Crippen MR) is 144 cm³/mol. The highest BCUT2D eigenvalue weighted by Gasteiger charge is 2.37. The zero-order valence-electron chi connectivity index (χ0n) is 19.3. The van der Waals surface area contributed by atoms with Gasteiger partial charge in [0.15, 0.2) is 0 Å². The third kappa shape index (κ3) is 8.82. The number of alkyl halides is 2. The highest BCUT2D eigenvalue weighted by atomic mass is 32.2. The molecule has 0 amide bonds. The normalized spacial score (nSPS) is 11.8. The molecule has 0 heterocycles. The Morgan fingerprint density at radius 2 is 0.657 bits per heavy atom. The summed E-state index contributed by atoms with van der Waals surface area (Å²) in [5.74, 6) is 0. The van der Waals surface area contributed by atoms with Gasteiger partial charge in [0.05, 0.1) is 0 Å². The first-order valence-corrected chi connectivity index (χ1v) is 13.0. The molecular weight excluding hydrogens is 478 g/mol. The third-order valence-electron chi connectivity index (χ3n) is 5.28. The van der Waals surface area contributed by atoms with E-state index in [-0.39, 0.29) is 0 Å². The number of rotatable bonds is 12. The molecule has 0 atom stereocenters. The Morgan fingerprint density at radius 3 is 0.886 bits per heavy atom. The second kappa shape index (κ2) is 12.9. The van der Waals surface area contributed by atoms with Gasteiger partial charge in [0.25, 0.3) is 0 Å². The van der Waals surface area contributed by atoms with Gasteiger partial charge in [0.1, 0.15) is 0 Å². The fraction of sp³-hybridized carbons (Fsp3) is 0.172. The molecule has 6 heteroatoms. The third-order valence-corrected chi connectivity index (χ3v) is 7.18. The van der Waals surface area contributed by atoms with Gasteiger partial charge in [0, 0.05) is 50.1 Å². The van der Waals surface area contributed by atoms with Gasteiger partial charge in [0.2, 0.25) is 0 Å². The molecule has 0 fully saturated rings. The van der Waals surface area contributed by atoms with Crippen LogP contribution >= 0.6 is 23.9 Å². The van der Waals surface area contributed by atoms with Crippen molar-refractivity contribution in [3.63, 3.8) is 0 Å². The lowest BCUT2D eigenvalue weighted by Crippen LogP contribution is -2.26. The summed E-state index contributed by atoms with van der Waals surface area (Å²) in [6.45, 7) is 1.70. The van der Waals surface area contributed by atoms with Crippen molar-refractivity contribution in [2.75, 3.05) is 0 Å². The van der Waals surface area contributed by atoms with E-state index < -0.39 is 4.59 Å². The summed E-state index contributed by atoms with van der Waals surface area (Å²) in [5.41, 5.74) is 4.01. The van der Waals surface area contributed by atoms with E-state index in [0.717, 1.165) is 22.3 Å². The van der Waals surface area contributed by atoms with E-state index in [4.69, 9.17) is 0 Å². The Hall–Kier alpha value is -2.64. The lowest BCUT2D eigenvalue weighted by molar-refractivity contribution is 0.196. The molecule has 0 bridgehead atoms. The topological polar surface area (TPSA) is 6.48 Å². The minimum Gasteiger partial charge on any atom is -0.236 e. The molecule has 4 rings (SSSR count). The molecule has 4 aromatic rings. The maximum Gasteiger partial charge on any atom is 0.368 e. The zero-order chi connectivity index (χ0) is 24.3. The Bertz CT molecular complexity index is 956. The van der Waals surface area contributed by atoms with E-state index in [9.17, 15) is 0 Å². The molecular formula is C29H28F2N2S2. The van der Waals surface area contributed by atoms with Gasteiger partial charge < -0.3 is 0 Å². The number of hydrogen-bond acceptors (Lipinski definition) is 4. The van der Waals surface area contributed by atoms with Crippen LogP contribution in [0.3, 0.4) is 0 Å². The fourth-order valence-electron chi connectivity index (χ4n) is 3.71. The first kappa shape index (κ1) is 25.5. The molecule has 0 aromatic heterocycles. The Balaban J connectivity index is 1.50. The van der Waals surface area contributed by atoms with E-state index in [1.165, 1.54) is 0 Å². The minimum atomic E-state index is -3.05. The van der Waals surface area contributed by atoms with E-state index >= 15 is 8.78 Å². The second-order valence-electron chi connectivity index (χ2n) is 8.18.